The van der Waals surface area contributed by atoms with Gasteiger partial charge in [0.05, 0.1) is 20.3 Å². The van der Waals surface area contributed by atoms with E-state index in [0.29, 0.717) is 11.5 Å². The smallest absolute Gasteiger partial charge is 0.223 e. The molecule has 3 rings (SSSR count). The molecule has 2 saturated heterocycles. The Morgan fingerprint density at radius 2 is 1.44 bits per heavy atom. The average molecular weight is 489 g/mol. The van der Waals surface area contributed by atoms with Crippen LogP contribution < -0.4 is 14.8 Å². The summed E-state index contributed by atoms with van der Waals surface area (Å²) in [6.45, 7) is -0.0937. The predicted octanol–water partition coefficient (Wildman–Crippen LogP) is -3.16. The van der Waals surface area contributed by atoms with E-state index in [-0.39, 0.29) is 0 Å². The van der Waals surface area contributed by atoms with Gasteiger partial charge >= 0.3 is 0 Å². The molecule has 0 saturated carbocycles. The molecule has 0 bridgehead atoms. The maximum absolute atomic E-state index is 11.9. The van der Waals surface area contributed by atoms with Crippen molar-refractivity contribution in [3.8, 4) is 11.5 Å². The van der Waals surface area contributed by atoms with Gasteiger partial charge in [-0.3, -0.25) is 4.79 Å². The zero-order valence-electron chi connectivity index (χ0n) is 18.6. The summed E-state index contributed by atoms with van der Waals surface area (Å²) in [6.07, 6.45) is -13.3. The molecule has 10 atom stereocenters. The monoisotopic (exact) mass is 489 g/mol. The summed E-state index contributed by atoms with van der Waals surface area (Å²) in [6, 6.07) is 5.27. The summed E-state index contributed by atoms with van der Waals surface area (Å²) < 4.78 is 27.7. The Morgan fingerprint density at radius 1 is 0.882 bits per heavy atom. The number of benzene rings is 1. The van der Waals surface area contributed by atoms with Gasteiger partial charge < -0.3 is 59.6 Å². The molecule has 13 heteroatoms. The van der Waals surface area contributed by atoms with Gasteiger partial charge in [0.1, 0.15) is 60.3 Å². The van der Waals surface area contributed by atoms with Crippen LogP contribution in [0, 0.1) is 0 Å². The number of carbonyl (C=O) groups excluding carboxylic acids is 1. The number of carbonyl (C=O) groups is 1. The van der Waals surface area contributed by atoms with Crippen LogP contribution in [-0.2, 0) is 19.0 Å². The van der Waals surface area contributed by atoms with Gasteiger partial charge in [0.2, 0.25) is 12.2 Å². The fourth-order valence-electron chi connectivity index (χ4n) is 3.84. The minimum atomic E-state index is -1.75. The van der Waals surface area contributed by atoms with Gasteiger partial charge in [-0.15, -0.1) is 0 Å². The van der Waals surface area contributed by atoms with Crippen molar-refractivity contribution in [1.82, 2.24) is 5.32 Å². The Hall–Kier alpha value is -2.07. The molecule has 2 aliphatic heterocycles. The minimum Gasteiger partial charge on any atom is -0.497 e. The SMILES string of the molecule is COc1ccc(O[C@@H]2O[C@H](CO)[C@@H](O)[C@H](O[C@@H]3O[C@@H](CO)[C@H](O)[C@@H](O)[C@@H]3O)[C@H]2NC(C)=O)cc1. The Balaban J connectivity index is 1.87. The highest BCUT2D eigenvalue weighted by atomic mass is 16.7. The Bertz CT molecular complexity index is 792. The fraction of sp³-hybridized carbons (Fsp3) is 0.667. The van der Waals surface area contributed by atoms with Crippen molar-refractivity contribution in [2.75, 3.05) is 20.3 Å². The number of aliphatic hydroxyl groups excluding tert-OH is 6. The van der Waals surface area contributed by atoms with Crippen molar-refractivity contribution in [2.45, 2.75) is 68.3 Å². The second-order valence-electron chi connectivity index (χ2n) is 8.03. The number of rotatable bonds is 8. The van der Waals surface area contributed by atoms with Crippen LogP contribution in [0.15, 0.2) is 24.3 Å². The summed E-state index contributed by atoms with van der Waals surface area (Å²) >= 11 is 0. The van der Waals surface area contributed by atoms with Crippen molar-refractivity contribution in [1.29, 1.82) is 0 Å². The first-order valence-corrected chi connectivity index (χ1v) is 10.7. The van der Waals surface area contributed by atoms with Crippen LogP contribution in [0.25, 0.3) is 0 Å². The highest BCUT2D eigenvalue weighted by molar-refractivity contribution is 5.73. The molecule has 0 spiro atoms. The molecule has 34 heavy (non-hydrogen) atoms. The van der Waals surface area contributed by atoms with Gasteiger partial charge in [-0.1, -0.05) is 0 Å². The molecule has 1 amide bonds. The highest BCUT2D eigenvalue weighted by Gasteiger charge is 2.52. The third kappa shape index (κ3) is 5.76. The van der Waals surface area contributed by atoms with Crippen molar-refractivity contribution in [3.05, 3.63) is 24.3 Å². The third-order valence-electron chi connectivity index (χ3n) is 5.67. The van der Waals surface area contributed by atoms with Gasteiger partial charge in [0.15, 0.2) is 6.29 Å². The van der Waals surface area contributed by atoms with E-state index in [0.717, 1.165) is 0 Å². The highest BCUT2D eigenvalue weighted by Crippen LogP contribution is 2.31. The lowest BCUT2D eigenvalue weighted by Crippen LogP contribution is -2.68. The maximum Gasteiger partial charge on any atom is 0.223 e. The first-order chi connectivity index (χ1) is 16.2. The quantitative estimate of drug-likeness (QED) is 0.194. The molecule has 1 aromatic carbocycles. The number of nitrogens with one attached hydrogen (secondary N) is 1. The lowest BCUT2D eigenvalue weighted by atomic mass is 9.95. The van der Waals surface area contributed by atoms with E-state index in [2.05, 4.69) is 5.32 Å². The van der Waals surface area contributed by atoms with Crippen LogP contribution in [0.2, 0.25) is 0 Å². The van der Waals surface area contributed by atoms with Gasteiger partial charge in [-0.25, -0.2) is 0 Å². The van der Waals surface area contributed by atoms with E-state index in [1.54, 1.807) is 24.3 Å². The van der Waals surface area contributed by atoms with Gasteiger partial charge in [-0.2, -0.15) is 0 Å². The normalized spacial score (nSPS) is 38.2. The minimum absolute atomic E-state index is 0.320. The lowest BCUT2D eigenvalue weighted by molar-refractivity contribution is -0.339. The summed E-state index contributed by atoms with van der Waals surface area (Å²) in [5.41, 5.74) is 0. The molecule has 192 valence electrons. The van der Waals surface area contributed by atoms with Gasteiger partial charge in [-0.05, 0) is 24.3 Å². The van der Waals surface area contributed by atoms with E-state index in [1.165, 1.54) is 14.0 Å². The van der Waals surface area contributed by atoms with Crippen molar-refractivity contribution >= 4 is 5.91 Å². The molecule has 2 fully saturated rings. The summed E-state index contributed by atoms with van der Waals surface area (Å²) in [4.78, 5) is 11.9. The summed E-state index contributed by atoms with van der Waals surface area (Å²) in [7, 11) is 1.50. The largest absolute Gasteiger partial charge is 0.497 e. The number of hydrogen-bond donors (Lipinski definition) is 7. The topological polar surface area (TPSA) is 197 Å². The zero-order valence-corrected chi connectivity index (χ0v) is 18.6. The maximum atomic E-state index is 11.9. The number of hydrogen-bond acceptors (Lipinski definition) is 12. The number of methoxy groups -OCH3 is 1. The van der Waals surface area contributed by atoms with E-state index in [4.69, 9.17) is 23.7 Å². The van der Waals surface area contributed by atoms with Gasteiger partial charge in [0.25, 0.3) is 0 Å². The van der Waals surface area contributed by atoms with Crippen LogP contribution in [0.1, 0.15) is 6.92 Å². The second kappa shape index (κ2) is 11.6. The fourth-order valence-corrected chi connectivity index (χ4v) is 3.84. The van der Waals surface area contributed by atoms with E-state index >= 15 is 0 Å². The van der Waals surface area contributed by atoms with Crippen LogP contribution in [0.4, 0.5) is 0 Å². The standard InChI is InChI=1S/C21H31NO12/c1-9(25)22-14-19(34-21-18(29)17(28)15(26)12(7-23)33-21)16(27)13(8-24)32-20(14)31-11-5-3-10(30-2)4-6-11/h3-6,12-21,23-24,26-29H,7-8H2,1-2H3,(H,22,25)/t12-,13+,14+,15-,16+,17+,18-,19+,20+,21-/m0/s1. The predicted molar refractivity (Wildman–Crippen MR) is 112 cm³/mol. The molecular weight excluding hydrogens is 458 g/mol. The second-order valence-corrected chi connectivity index (χ2v) is 8.03. The number of ether oxygens (including phenoxy) is 5. The Kier molecular flexibility index (Phi) is 9.03. The molecule has 1 aromatic rings. The molecule has 0 aliphatic carbocycles. The molecule has 0 unspecified atom stereocenters. The van der Waals surface area contributed by atoms with E-state index in [9.17, 15) is 35.4 Å². The van der Waals surface area contributed by atoms with Crippen molar-refractivity contribution in [2.24, 2.45) is 0 Å². The third-order valence-corrected chi connectivity index (χ3v) is 5.67. The summed E-state index contributed by atoms with van der Waals surface area (Å²) in [5, 5.41) is 62.9. The zero-order chi connectivity index (χ0) is 25.0. The molecule has 0 radical (unpaired) electrons. The molecule has 7 N–H and O–H groups in total. The Labute approximate surface area is 195 Å². The molecular formula is C21H31NO12. The van der Waals surface area contributed by atoms with Crippen molar-refractivity contribution < 1.29 is 59.1 Å². The molecule has 2 heterocycles. The molecule has 0 aromatic heterocycles. The molecule has 2 aliphatic rings. The van der Waals surface area contributed by atoms with E-state index in [1.807, 2.05) is 0 Å². The first-order valence-electron chi connectivity index (χ1n) is 10.7. The average Bonchev–Trinajstić information content (AvgIpc) is 2.83. The van der Waals surface area contributed by atoms with Crippen LogP contribution in [0.5, 0.6) is 11.5 Å². The Morgan fingerprint density at radius 3 is 2.00 bits per heavy atom. The van der Waals surface area contributed by atoms with Gasteiger partial charge in [0, 0.05) is 6.92 Å². The van der Waals surface area contributed by atoms with Crippen LogP contribution in [-0.4, -0.2) is 118 Å². The number of aliphatic hydroxyl groups is 6. The van der Waals surface area contributed by atoms with Crippen LogP contribution in [0.3, 0.4) is 0 Å². The van der Waals surface area contributed by atoms with Crippen LogP contribution >= 0.6 is 0 Å². The first kappa shape index (κ1) is 26.5. The van der Waals surface area contributed by atoms with E-state index < -0.39 is 80.5 Å². The van der Waals surface area contributed by atoms with Crippen molar-refractivity contribution in [3.63, 3.8) is 0 Å². The summed E-state index contributed by atoms with van der Waals surface area (Å²) in [5.74, 6) is 0.373. The number of amides is 1. The molecule has 13 nitrogen and oxygen atoms in total. The lowest BCUT2D eigenvalue weighted by Gasteiger charge is -2.47.